The Balaban J connectivity index is 1.50. The first-order valence-electron chi connectivity index (χ1n) is 10.0. The first-order chi connectivity index (χ1) is 15.3. The highest BCUT2D eigenvalue weighted by Crippen LogP contribution is 2.29. The lowest BCUT2D eigenvalue weighted by Gasteiger charge is -2.23. The Kier molecular flexibility index (Phi) is 6.24. The average molecular weight is 472 g/mol. The molecule has 32 heavy (non-hydrogen) atoms. The minimum Gasteiger partial charge on any atom is -0.368 e. The lowest BCUT2D eigenvalue weighted by Crippen LogP contribution is -2.40. The number of thiazole rings is 1. The number of benzene rings is 1. The summed E-state index contributed by atoms with van der Waals surface area (Å²) >= 11 is 7.39. The second-order valence-electron chi connectivity index (χ2n) is 7.45. The van der Waals surface area contributed by atoms with Crippen LogP contribution < -0.4 is 21.3 Å². The topological polar surface area (TPSA) is 126 Å². The van der Waals surface area contributed by atoms with E-state index in [1.54, 1.807) is 19.1 Å². The molecule has 0 bridgehead atoms. The van der Waals surface area contributed by atoms with Gasteiger partial charge in [0.15, 0.2) is 5.13 Å². The number of hydrogen-bond acceptors (Lipinski definition) is 8. The fourth-order valence-corrected chi connectivity index (χ4v) is 4.60. The first-order valence-corrected chi connectivity index (χ1v) is 11.2. The Morgan fingerprint density at radius 2 is 2.09 bits per heavy atom. The number of nitrogens with zero attached hydrogens (tertiary/aromatic N) is 4. The Morgan fingerprint density at radius 3 is 2.84 bits per heavy atom. The number of carbonyl (C=O) groups excluding carboxylic acids is 2. The highest BCUT2D eigenvalue weighted by atomic mass is 35.5. The quantitative estimate of drug-likeness (QED) is 0.500. The monoisotopic (exact) mass is 471 g/mol. The number of amides is 2. The second kappa shape index (κ2) is 9.09. The van der Waals surface area contributed by atoms with E-state index in [2.05, 4.69) is 25.6 Å². The van der Waals surface area contributed by atoms with Gasteiger partial charge in [-0.15, -0.1) is 0 Å². The third-order valence-electron chi connectivity index (χ3n) is 5.12. The molecule has 2 aromatic heterocycles. The molecule has 1 fully saturated rings. The normalized spacial score (nSPS) is 15.6. The van der Waals surface area contributed by atoms with Crippen LogP contribution in [0.3, 0.4) is 0 Å². The summed E-state index contributed by atoms with van der Waals surface area (Å²) < 4.78 is 0. The van der Waals surface area contributed by atoms with Gasteiger partial charge in [0.25, 0.3) is 5.91 Å². The van der Waals surface area contributed by atoms with Crippen LogP contribution in [0, 0.1) is 13.8 Å². The van der Waals surface area contributed by atoms with Crippen molar-refractivity contribution in [2.75, 3.05) is 22.1 Å². The number of aryl methyl sites for hydroxylation is 2. The van der Waals surface area contributed by atoms with Crippen LogP contribution in [0.25, 0.3) is 0 Å². The van der Waals surface area contributed by atoms with Crippen molar-refractivity contribution in [3.05, 3.63) is 51.7 Å². The summed E-state index contributed by atoms with van der Waals surface area (Å²) in [6, 6.07) is 6.80. The van der Waals surface area contributed by atoms with Crippen molar-refractivity contribution in [2.45, 2.75) is 32.7 Å². The van der Waals surface area contributed by atoms with Crippen molar-refractivity contribution in [3.8, 4) is 0 Å². The third-order valence-corrected chi connectivity index (χ3v) is 6.35. The first kappa shape index (κ1) is 22.0. The SMILES string of the molecule is Cc1nc(Nc2ncc(C(=O)Nc3c(C)cccc3Cl)s2)cc(N2CCC[C@H]2C(N)=O)n1. The van der Waals surface area contributed by atoms with Crippen LogP contribution in [-0.4, -0.2) is 39.4 Å². The van der Waals surface area contributed by atoms with Gasteiger partial charge in [0.05, 0.1) is 16.9 Å². The molecule has 9 nitrogen and oxygen atoms in total. The summed E-state index contributed by atoms with van der Waals surface area (Å²) in [5, 5.41) is 6.94. The predicted octanol–water partition coefficient (Wildman–Crippen LogP) is 3.65. The molecule has 1 atom stereocenters. The number of rotatable bonds is 6. The number of para-hydroxylation sites is 1. The van der Waals surface area contributed by atoms with Crippen molar-refractivity contribution in [1.82, 2.24) is 15.0 Å². The summed E-state index contributed by atoms with van der Waals surface area (Å²) in [5.74, 6) is 1.03. The molecular formula is C21H22ClN7O2S. The van der Waals surface area contributed by atoms with Crippen molar-refractivity contribution in [2.24, 2.45) is 5.73 Å². The molecule has 3 aromatic rings. The highest BCUT2D eigenvalue weighted by molar-refractivity contribution is 7.17. The molecule has 0 aliphatic carbocycles. The Labute approximate surface area is 194 Å². The van der Waals surface area contributed by atoms with E-state index in [-0.39, 0.29) is 17.9 Å². The lowest BCUT2D eigenvalue weighted by atomic mass is 10.2. The number of carbonyl (C=O) groups is 2. The number of anilines is 4. The van der Waals surface area contributed by atoms with Crippen molar-refractivity contribution < 1.29 is 9.59 Å². The van der Waals surface area contributed by atoms with Gasteiger partial charge >= 0.3 is 0 Å². The van der Waals surface area contributed by atoms with Crippen LogP contribution in [0.4, 0.5) is 22.5 Å². The molecule has 0 radical (unpaired) electrons. The van der Waals surface area contributed by atoms with E-state index in [9.17, 15) is 9.59 Å². The van der Waals surface area contributed by atoms with Gasteiger partial charge in [-0.2, -0.15) is 0 Å². The number of halogens is 1. The van der Waals surface area contributed by atoms with E-state index >= 15 is 0 Å². The van der Waals surface area contributed by atoms with Gasteiger partial charge in [0.1, 0.15) is 28.4 Å². The smallest absolute Gasteiger partial charge is 0.267 e. The maximum Gasteiger partial charge on any atom is 0.267 e. The van der Waals surface area contributed by atoms with Gasteiger partial charge in [-0.3, -0.25) is 9.59 Å². The summed E-state index contributed by atoms with van der Waals surface area (Å²) in [7, 11) is 0. The Bertz CT molecular complexity index is 1160. The van der Waals surface area contributed by atoms with E-state index in [0.29, 0.717) is 51.1 Å². The van der Waals surface area contributed by atoms with Gasteiger partial charge in [-0.05, 0) is 38.3 Å². The number of aromatic nitrogens is 3. The van der Waals surface area contributed by atoms with Crippen LogP contribution >= 0.6 is 22.9 Å². The maximum atomic E-state index is 12.7. The van der Waals surface area contributed by atoms with Crippen LogP contribution in [0.1, 0.15) is 33.9 Å². The summed E-state index contributed by atoms with van der Waals surface area (Å²) in [4.78, 5) is 39.9. The molecule has 1 saturated heterocycles. The third kappa shape index (κ3) is 4.66. The minimum absolute atomic E-state index is 0.298. The predicted molar refractivity (Wildman–Crippen MR) is 126 cm³/mol. The van der Waals surface area contributed by atoms with Gasteiger partial charge in [0.2, 0.25) is 5.91 Å². The molecule has 0 unspecified atom stereocenters. The molecule has 3 heterocycles. The number of hydrogen-bond donors (Lipinski definition) is 3. The molecule has 1 aromatic carbocycles. The molecule has 0 spiro atoms. The zero-order chi connectivity index (χ0) is 22.8. The van der Waals surface area contributed by atoms with Crippen LogP contribution in [0.15, 0.2) is 30.5 Å². The molecule has 166 valence electrons. The molecule has 1 aliphatic heterocycles. The van der Waals surface area contributed by atoms with Gasteiger partial charge < -0.3 is 21.3 Å². The molecule has 2 amide bonds. The Hall–Kier alpha value is -3.24. The second-order valence-corrected chi connectivity index (χ2v) is 8.89. The van der Waals surface area contributed by atoms with E-state index < -0.39 is 0 Å². The van der Waals surface area contributed by atoms with Gasteiger partial charge in [0, 0.05) is 12.6 Å². The fourth-order valence-electron chi connectivity index (χ4n) is 3.61. The van der Waals surface area contributed by atoms with Crippen molar-refractivity contribution in [3.63, 3.8) is 0 Å². The van der Waals surface area contributed by atoms with Crippen molar-refractivity contribution >= 4 is 57.2 Å². The average Bonchev–Trinajstić information content (AvgIpc) is 3.40. The zero-order valence-electron chi connectivity index (χ0n) is 17.6. The number of nitrogens with two attached hydrogens (primary N) is 1. The standard InChI is InChI=1S/C21H22ClN7O2S/c1-11-5-3-6-13(22)18(11)28-20(31)15-10-24-21(32-15)27-16-9-17(26-12(2)25-16)29-8-4-7-14(29)19(23)30/h3,5-6,9-10,14H,4,7-8H2,1-2H3,(H2,23,30)(H,28,31)(H,24,25,26,27)/t14-/m0/s1. The zero-order valence-corrected chi connectivity index (χ0v) is 19.1. The minimum atomic E-state index is -0.374. The van der Waals surface area contributed by atoms with E-state index in [1.165, 1.54) is 17.5 Å². The highest BCUT2D eigenvalue weighted by Gasteiger charge is 2.30. The summed E-state index contributed by atoms with van der Waals surface area (Å²) in [6.07, 6.45) is 3.07. The molecule has 4 N–H and O–H groups in total. The molecule has 0 saturated carbocycles. The van der Waals surface area contributed by atoms with Crippen LogP contribution in [0.5, 0.6) is 0 Å². The molecule has 4 rings (SSSR count). The van der Waals surface area contributed by atoms with Crippen LogP contribution in [0.2, 0.25) is 5.02 Å². The Morgan fingerprint density at radius 1 is 1.28 bits per heavy atom. The maximum absolute atomic E-state index is 12.7. The largest absolute Gasteiger partial charge is 0.368 e. The number of nitrogens with one attached hydrogen (secondary N) is 2. The van der Waals surface area contributed by atoms with E-state index in [1.807, 2.05) is 24.0 Å². The van der Waals surface area contributed by atoms with Gasteiger partial charge in [-0.25, -0.2) is 15.0 Å². The summed E-state index contributed by atoms with van der Waals surface area (Å²) in [5.41, 5.74) is 6.98. The molecular weight excluding hydrogens is 450 g/mol. The molecule has 1 aliphatic rings. The van der Waals surface area contributed by atoms with Crippen molar-refractivity contribution in [1.29, 1.82) is 0 Å². The fraction of sp³-hybridized carbons (Fsp3) is 0.286. The number of primary amides is 1. The van der Waals surface area contributed by atoms with E-state index in [0.717, 1.165) is 12.0 Å². The molecule has 11 heteroatoms. The lowest BCUT2D eigenvalue weighted by molar-refractivity contribution is -0.119. The van der Waals surface area contributed by atoms with Crippen LogP contribution in [-0.2, 0) is 4.79 Å². The van der Waals surface area contributed by atoms with Gasteiger partial charge in [-0.1, -0.05) is 35.1 Å². The summed E-state index contributed by atoms with van der Waals surface area (Å²) in [6.45, 7) is 4.35. The van der Waals surface area contributed by atoms with E-state index in [4.69, 9.17) is 17.3 Å².